The second-order valence-electron chi connectivity index (χ2n) is 5.53. The van der Waals surface area contributed by atoms with Crippen LogP contribution in [0.3, 0.4) is 0 Å². The number of halogens is 1. The number of nitriles is 1. The van der Waals surface area contributed by atoms with E-state index in [2.05, 4.69) is 5.32 Å². The summed E-state index contributed by atoms with van der Waals surface area (Å²) in [5.41, 5.74) is 1.92. The van der Waals surface area contributed by atoms with Gasteiger partial charge in [-0.05, 0) is 55.8 Å². The van der Waals surface area contributed by atoms with Crippen molar-refractivity contribution in [3.05, 3.63) is 58.6 Å². The number of amides is 1. The summed E-state index contributed by atoms with van der Waals surface area (Å²) in [6.07, 6.45) is -1.00. The Morgan fingerprint density at radius 1 is 1.23 bits per heavy atom. The maximum atomic E-state index is 12.1. The molecule has 0 aliphatic heterocycles. The number of carbonyl (C=O) groups is 2. The molecule has 0 saturated carbocycles. The van der Waals surface area contributed by atoms with Crippen LogP contribution in [0.5, 0.6) is 5.75 Å². The van der Waals surface area contributed by atoms with Crippen molar-refractivity contribution in [2.75, 3.05) is 11.9 Å². The van der Waals surface area contributed by atoms with Crippen LogP contribution in [0, 0.1) is 18.3 Å². The Morgan fingerprint density at radius 3 is 2.58 bits per heavy atom. The zero-order chi connectivity index (χ0) is 19.1. The van der Waals surface area contributed by atoms with Crippen molar-refractivity contribution in [2.24, 2.45) is 0 Å². The van der Waals surface area contributed by atoms with Gasteiger partial charge in [0.15, 0.2) is 12.7 Å². The van der Waals surface area contributed by atoms with Crippen molar-refractivity contribution in [1.82, 2.24) is 0 Å². The Morgan fingerprint density at radius 2 is 1.92 bits per heavy atom. The fourth-order valence-corrected chi connectivity index (χ4v) is 2.19. The Balaban J connectivity index is 1.84. The van der Waals surface area contributed by atoms with Crippen molar-refractivity contribution < 1.29 is 19.1 Å². The summed E-state index contributed by atoms with van der Waals surface area (Å²) in [5, 5.41) is 11.7. The Labute approximate surface area is 156 Å². The molecule has 2 rings (SSSR count). The summed E-state index contributed by atoms with van der Waals surface area (Å²) >= 11 is 5.99. The molecule has 0 saturated heterocycles. The van der Waals surface area contributed by atoms with Crippen molar-refractivity contribution in [3.63, 3.8) is 0 Å². The van der Waals surface area contributed by atoms with Gasteiger partial charge in [0.1, 0.15) is 5.75 Å². The van der Waals surface area contributed by atoms with Crippen LogP contribution < -0.4 is 10.1 Å². The van der Waals surface area contributed by atoms with E-state index in [1.165, 1.54) is 6.92 Å². The van der Waals surface area contributed by atoms with Gasteiger partial charge in [-0.2, -0.15) is 5.26 Å². The largest absolute Gasteiger partial charge is 0.480 e. The second-order valence-corrected chi connectivity index (χ2v) is 5.94. The Bertz CT molecular complexity index is 844. The molecule has 0 bridgehead atoms. The summed E-state index contributed by atoms with van der Waals surface area (Å²) in [6.45, 7) is 2.96. The number of carbonyl (C=O) groups excluding carboxylic acids is 2. The molecular formula is C19H17ClN2O4. The Hall–Kier alpha value is -3.04. The first kappa shape index (κ1) is 19.3. The highest BCUT2D eigenvalue weighted by atomic mass is 35.5. The van der Waals surface area contributed by atoms with Crippen LogP contribution in [0.2, 0.25) is 5.02 Å². The van der Waals surface area contributed by atoms with Crippen molar-refractivity contribution in [2.45, 2.75) is 20.0 Å². The molecule has 2 aromatic rings. The van der Waals surface area contributed by atoms with Gasteiger partial charge in [-0.25, -0.2) is 4.79 Å². The molecule has 1 N–H and O–H groups in total. The minimum atomic E-state index is -1.00. The molecule has 6 nitrogen and oxygen atoms in total. The molecule has 0 heterocycles. The third-order valence-corrected chi connectivity index (χ3v) is 3.70. The molecule has 134 valence electrons. The maximum absolute atomic E-state index is 12.1. The number of rotatable bonds is 6. The summed E-state index contributed by atoms with van der Waals surface area (Å²) < 4.78 is 10.4. The van der Waals surface area contributed by atoms with E-state index in [0.717, 1.165) is 5.56 Å². The van der Waals surface area contributed by atoms with Gasteiger partial charge in [0.05, 0.1) is 16.7 Å². The van der Waals surface area contributed by atoms with Gasteiger partial charge in [0.25, 0.3) is 5.91 Å². The van der Waals surface area contributed by atoms with Gasteiger partial charge in [-0.3, -0.25) is 4.79 Å². The zero-order valence-corrected chi connectivity index (χ0v) is 15.0. The highest BCUT2D eigenvalue weighted by molar-refractivity contribution is 6.32. The van der Waals surface area contributed by atoms with Gasteiger partial charge in [-0.15, -0.1) is 0 Å². The predicted octanol–water partition coefficient (Wildman–Crippen LogP) is 3.47. The van der Waals surface area contributed by atoms with Crippen LogP contribution in [0.15, 0.2) is 42.5 Å². The van der Waals surface area contributed by atoms with E-state index < -0.39 is 18.0 Å². The lowest BCUT2D eigenvalue weighted by Crippen LogP contribution is -2.31. The second kappa shape index (κ2) is 8.88. The van der Waals surface area contributed by atoms with E-state index in [9.17, 15) is 9.59 Å². The molecule has 7 heteroatoms. The first-order valence-corrected chi connectivity index (χ1v) is 8.16. The minimum Gasteiger partial charge on any atom is -0.480 e. The highest BCUT2D eigenvalue weighted by Crippen LogP contribution is 2.25. The molecule has 0 spiro atoms. The number of nitrogens with zero attached hydrogens (tertiary/aromatic N) is 1. The quantitative estimate of drug-likeness (QED) is 0.784. The van der Waals surface area contributed by atoms with Crippen LogP contribution >= 0.6 is 11.6 Å². The number of hydrogen-bond donors (Lipinski definition) is 1. The smallest absolute Gasteiger partial charge is 0.344 e. The average Bonchev–Trinajstić information content (AvgIpc) is 2.63. The molecule has 0 aliphatic rings. The number of anilines is 1. The molecule has 0 radical (unpaired) electrons. The topological polar surface area (TPSA) is 88.4 Å². The molecular weight excluding hydrogens is 356 g/mol. The average molecular weight is 373 g/mol. The van der Waals surface area contributed by atoms with Gasteiger partial charge in [-0.1, -0.05) is 17.7 Å². The first-order valence-electron chi connectivity index (χ1n) is 7.78. The minimum absolute atomic E-state index is 0.363. The number of benzene rings is 2. The summed E-state index contributed by atoms with van der Waals surface area (Å²) in [7, 11) is 0. The zero-order valence-electron chi connectivity index (χ0n) is 14.3. The van der Waals surface area contributed by atoms with Gasteiger partial charge in [0, 0.05) is 5.69 Å². The summed E-state index contributed by atoms with van der Waals surface area (Å²) in [4.78, 5) is 23.9. The van der Waals surface area contributed by atoms with Crippen LogP contribution in [0.4, 0.5) is 5.69 Å². The first-order chi connectivity index (χ1) is 12.4. The molecule has 1 atom stereocenters. The van der Waals surface area contributed by atoms with Crippen molar-refractivity contribution in [3.8, 4) is 11.8 Å². The van der Waals surface area contributed by atoms with Gasteiger partial charge < -0.3 is 14.8 Å². The molecule has 0 aromatic heterocycles. The van der Waals surface area contributed by atoms with Gasteiger partial charge >= 0.3 is 5.97 Å². The van der Waals surface area contributed by atoms with E-state index in [0.29, 0.717) is 22.0 Å². The van der Waals surface area contributed by atoms with E-state index in [-0.39, 0.29) is 6.61 Å². The molecule has 0 fully saturated rings. The molecule has 0 aliphatic carbocycles. The lowest BCUT2D eigenvalue weighted by Gasteiger charge is -2.14. The summed E-state index contributed by atoms with van der Waals surface area (Å²) in [5.74, 6) is -0.806. The lowest BCUT2D eigenvalue weighted by atomic mass is 10.2. The molecule has 0 unspecified atom stereocenters. The normalized spacial score (nSPS) is 11.2. The number of aryl methyl sites for hydroxylation is 1. The standard InChI is InChI=1S/C19H17ClN2O4/c1-12-3-8-16(20)17(9-12)25-11-18(23)26-13(2)19(24)22-15-6-4-14(10-21)5-7-15/h3-9,13H,11H2,1-2H3,(H,22,24)/t13-/m0/s1. The van der Waals surface area contributed by atoms with E-state index in [4.69, 9.17) is 26.3 Å². The third-order valence-electron chi connectivity index (χ3n) is 3.39. The fraction of sp³-hybridized carbons (Fsp3) is 0.211. The Kier molecular flexibility index (Phi) is 6.59. The number of hydrogen-bond acceptors (Lipinski definition) is 5. The van der Waals surface area contributed by atoms with Crippen LogP contribution in [-0.4, -0.2) is 24.6 Å². The number of nitrogens with one attached hydrogen (secondary N) is 1. The lowest BCUT2D eigenvalue weighted by molar-refractivity contribution is -0.155. The number of ether oxygens (including phenoxy) is 2. The highest BCUT2D eigenvalue weighted by Gasteiger charge is 2.18. The number of esters is 1. The molecule has 26 heavy (non-hydrogen) atoms. The summed E-state index contributed by atoms with van der Waals surface area (Å²) in [6, 6.07) is 13.5. The predicted molar refractivity (Wildman–Crippen MR) is 97.0 cm³/mol. The maximum Gasteiger partial charge on any atom is 0.344 e. The van der Waals surface area contributed by atoms with Crippen molar-refractivity contribution >= 4 is 29.2 Å². The van der Waals surface area contributed by atoms with E-state index >= 15 is 0 Å². The van der Waals surface area contributed by atoms with Crippen LogP contribution in [-0.2, 0) is 14.3 Å². The van der Waals surface area contributed by atoms with Crippen molar-refractivity contribution in [1.29, 1.82) is 5.26 Å². The SMILES string of the molecule is Cc1ccc(Cl)c(OCC(=O)O[C@@H](C)C(=O)Nc2ccc(C#N)cc2)c1. The van der Waals surface area contributed by atoms with Crippen LogP contribution in [0.25, 0.3) is 0 Å². The van der Waals surface area contributed by atoms with E-state index in [1.54, 1.807) is 36.4 Å². The van der Waals surface area contributed by atoms with Gasteiger partial charge in [0.2, 0.25) is 0 Å². The van der Waals surface area contributed by atoms with E-state index in [1.807, 2.05) is 19.1 Å². The molecule has 2 aromatic carbocycles. The fourth-order valence-electron chi connectivity index (χ4n) is 2.01. The monoisotopic (exact) mass is 372 g/mol. The molecule has 1 amide bonds. The van der Waals surface area contributed by atoms with Crippen LogP contribution in [0.1, 0.15) is 18.1 Å². The third kappa shape index (κ3) is 5.50.